The molecule has 1 amide bonds. The first-order chi connectivity index (χ1) is 14.6. The average molecular weight is 468 g/mol. The summed E-state index contributed by atoms with van der Waals surface area (Å²) in [5.41, 5.74) is 0.430. The first-order valence-electron chi connectivity index (χ1n) is 9.75. The van der Waals surface area contributed by atoms with Crippen molar-refractivity contribution in [2.75, 3.05) is 25.5 Å². The number of anilines is 1. The summed E-state index contributed by atoms with van der Waals surface area (Å²) in [6.45, 7) is 1.01. The Balaban J connectivity index is 1.77. The molecule has 11 heteroatoms. The van der Waals surface area contributed by atoms with Crippen molar-refractivity contribution in [1.82, 2.24) is 4.31 Å². The van der Waals surface area contributed by atoms with Crippen LogP contribution in [0.1, 0.15) is 36.0 Å². The molecular formula is C20H25N3O6S2. The van der Waals surface area contributed by atoms with Gasteiger partial charge >= 0.3 is 0 Å². The lowest BCUT2D eigenvalue weighted by Gasteiger charge is -2.20. The Kier molecular flexibility index (Phi) is 6.99. The maximum absolute atomic E-state index is 12.8. The van der Waals surface area contributed by atoms with Gasteiger partial charge < -0.3 is 10.1 Å². The van der Waals surface area contributed by atoms with Gasteiger partial charge in [-0.15, -0.1) is 0 Å². The van der Waals surface area contributed by atoms with Crippen molar-refractivity contribution in [2.45, 2.75) is 35.5 Å². The fourth-order valence-corrected chi connectivity index (χ4v) is 5.62. The van der Waals surface area contributed by atoms with Crippen LogP contribution in [0, 0.1) is 0 Å². The van der Waals surface area contributed by atoms with Gasteiger partial charge in [0.15, 0.2) is 0 Å². The van der Waals surface area contributed by atoms with Crippen LogP contribution in [0.5, 0.6) is 5.75 Å². The summed E-state index contributed by atoms with van der Waals surface area (Å²) in [5.74, 6) is -0.544. The molecule has 0 radical (unpaired) electrons. The lowest BCUT2D eigenvalue weighted by Crippen LogP contribution is -2.31. The lowest BCUT2D eigenvalue weighted by atomic mass is 10.2. The fraction of sp³-hybridized carbons (Fsp3) is 0.350. The average Bonchev–Trinajstić information content (AvgIpc) is 3.03. The molecule has 1 heterocycles. The van der Waals surface area contributed by atoms with E-state index in [1.165, 1.54) is 47.8 Å². The van der Waals surface area contributed by atoms with E-state index in [1.807, 2.05) is 0 Å². The molecule has 0 atom stereocenters. The maximum atomic E-state index is 12.8. The summed E-state index contributed by atoms with van der Waals surface area (Å²) in [6.07, 6.45) is 3.73. The lowest BCUT2D eigenvalue weighted by molar-refractivity contribution is 0.102. The normalized spacial score (nSPS) is 15.8. The van der Waals surface area contributed by atoms with Crippen molar-refractivity contribution in [3.05, 3.63) is 48.0 Å². The van der Waals surface area contributed by atoms with Crippen LogP contribution in [0.25, 0.3) is 0 Å². The van der Waals surface area contributed by atoms with E-state index < -0.39 is 26.0 Å². The number of hydrogen-bond donors (Lipinski definition) is 2. The van der Waals surface area contributed by atoms with Crippen LogP contribution >= 0.6 is 0 Å². The van der Waals surface area contributed by atoms with E-state index in [1.54, 1.807) is 0 Å². The number of amides is 1. The number of nitrogens with two attached hydrogens (primary N) is 1. The van der Waals surface area contributed by atoms with E-state index >= 15 is 0 Å². The monoisotopic (exact) mass is 467 g/mol. The highest BCUT2D eigenvalue weighted by Crippen LogP contribution is 2.25. The Bertz CT molecular complexity index is 1150. The van der Waals surface area contributed by atoms with Crippen LogP contribution in [-0.2, 0) is 20.0 Å². The zero-order chi connectivity index (χ0) is 22.6. The number of nitrogens with one attached hydrogen (secondary N) is 1. The van der Waals surface area contributed by atoms with Crippen LogP contribution in [0.4, 0.5) is 5.69 Å². The fourth-order valence-electron chi connectivity index (χ4n) is 3.38. The number of rotatable bonds is 6. The van der Waals surface area contributed by atoms with Gasteiger partial charge in [-0.3, -0.25) is 4.79 Å². The summed E-state index contributed by atoms with van der Waals surface area (Å²) in [5, 5.41) is 7.80. The third-order valence-electron chi connectivity index (χ3n) is 5.05. The Labute approximate surface area is 182 Å². The number of carbonyl (C=O) groups excluding carboxylic acids is 1. The quantitative estimate of drug-likeness (QED) is 0.668. The van der Waals surface area contributed by atoms with Gasteiger partial charge in [-0.05, 0) is 55.3 Å². The number of ether oxygens (including phenoxy) is 1. The molecule has 3 N–H and O–H groups in total. The summed E-state index contributed by atoms with van der Waals surface area (Å²) in [7, 11) is -6.38. The highest BCUT2D eigenvalue weighted by molar-refractivity contribution is 7.89. The Morgan fingerprint density at radius 1 is 0.968 bits per heavy atom. The van der Waals surface area contributed by atoms with Gasteiger partial charge in [0, 0.05) is 24.3 Å². The molecule has 1 saturated heterocycles. The van der Waals surface area contributed by atoms with E-state index in [-0.39, 0.29) is 21.1 Å². The minimum absolute atomic E-state index is 0.0297. The van der Waals surface area contributed by atoms with Crippen LogP contribution in [0.2, 0.25) is 0 Å². The molecule has 168 valence electrons. The minimum Gasteiger partial charge on any atom is -0.495 e. The number of primary sulfonamides is 1. The van der Waals surface area contributed by atoms with Crippen LogP contribution in [-0.4, -0.2) is 47.2 Å². The van der Waals surface area contributed by atoms with Crippen molar-refractivity contribution in [3.63, 3.8) is 0 Å². The predicted octanol–water partition coefficient (Wildman–Crippen LogP) is 2.16. The first kappa shape index (κ1) is 23.2. The van der Waals surface area contributed by atoms with E-state index in [2.05, 4.69) is 5.32 Å². The van der Waals surface area contributed by atoms with Gasteiger partial charge in [-0.1, -0.05) is 12.8 Å². The SMILES string of the molecule is COc1ccc(C(=O)Nc2ccc(S(=O)(=O)N3CCCCCC3)cc2)cc1S(N)(=O)=O. The third-order valence-corrected chi connectivity index (χ3v) is 7.89. The second kappa shape index (κ2) is 9.35. The topological polar surface area (TPSA) is 136 Å². The minimum atomic E-state index is -4.09. The molecule has 2 aromatic carbocycles. The Hall–Kier alpha value is -2.47. The molecule has 2 aromatic rings. The van der Waals surface area contributed by atoms with Crippen LogP contribution < -0.4 is 15.2 Å². The van der Waals surface area contributed by atoms with Gasteiger partial charge in [0.25, 0.3) is 5.91 Å². The van der Waals surface area contributed by atoms with Gasteiger partial charge in [-0.25, -0.2) is 22.0 Å². The molecule has 0 saturated carbocycles. The van der Waals surface area contributed by atoms with Gasteiger partial charge in [0.1, 0.15) is 10.6 Å². The molecule has 1 fully saturated rings. The smallest absolute Gasteiger partial charge is 0.255 e. The first-order valence-corrected chi connectivity index (χ1v) is 12.7. The Morgan fingerprint density at radius 2 is 1.58 bits per heavy atom. The molecule has 3 rings (SSSR count). The van der Waals surface area contributed by atoms with E-state index in [0.717, 1.165) is 31.7 Å². The van der Waals surface area contributed by atoms with Gasteiger partial charge in [0.2, 0.25) is 20.0 Å². The number of carbonyl (C=O) groups is 1. The van der Waals surface area contributed by atoms with E-state index in [0.29, 0.717) is 18.8 Å². The third kappa shape index (κ3) is 5.42. The predicted molar refractivity (Wildman–Crippen MR) is 116 cm³/mol. The van der Waals surface area contributed by atoms with Crippen molar-refractivity contribution in [2.24, 2.45) is 5.14 Å². The molecule has 0 spiro atoms. The largest absolute Gasteiger partial charge is 0.495 e. The summed E-state index contributed by atoms with van der Waals surface area (Å²) < 4.78 is 55.6. The molecule has 1 aliphatic rings. The zero-order valence-electron chi connectivity index (χ0n) is 17.1. The molecule has 1 aliphatic heterocycles. The molecule has 0 aliphatic carbocycles. The molecule has 9 nitrogen and oxygen atoms in total. The second-order valence-corrected chi connectivity index (χ2v) is 10.7. The van der Waals surface area contributed by atoms with Crippen LogP contribution in [0.15, 0.2) is 52.3 Å². The second-order valence-electron chi connectivity index (χ2n) is 7.21. The van der Waals surface area contributed by atoms with E-state index in [9.17, 15) is 21.6 Å². The molecule has 0 bridgehead atoms. The number of methoxy groups -OCH3 is 1. The molecule has 0 unspecified atom stereocenters. The van der Waals surface area contributed by atoms with Crippen molar-refractivity contribution >= 4 is 31.6 Å². The summed E-state index contributed by atoms with van der Waals surface area (Å²) in [4.78, 5) is 12.4. The highest BCUT2D eigenvalue weighted by Gasteiger charge is 2.25. The van der Waals surface area contributed by atoms with Crippen molar-refractivity contribution < 1.29 is 26.4 Å². The molecule has 31 heavy (non-hydrogen) atoms. The molecular weight excluding hydrogens is 442 g/mol. The van der Waals surface area contributed by atoms with E-state index in [4.69, 9.17) is 9.88 Å². The van der Waals surface area contributed by atoms with Gasteiger partial charge in [0.05, 0.1) is 12.0 Å². The maximum Gasteiger partial charge on any atom is 0.255 e. The van der Waals surface area contributed by atoms with Crippen LogP contribution in [0.3, 0.4) is 0 Å². The standard InChI is InChI=1S/C20H25N3O6S2/c1-29-18-11-6-15(14-19(18)30(21,25)26)20(24)22-16-7-9-17(10-8-16)31(27,28)23-12-4-2-3-5-13-23/h6-11,14H,2-5,12-13H2,1H3,(H,22,24)(H2,21,25,26). The van der Waals surface area contributed by atoms with Gasteiger partial charge in [-0.2, -0.15) is 4.31 Å². The Morgan fingerprint density at radius 3 is 2.13 bits per heavy atom. The zero-order valence-corrected chi connectivity index (χ0v) is 18.7. The molecule has 0 aromatic heterocycles. The summed E-state index contributed by atoms with van der Waals surface area (Å²) in [6, 6.07) is 9.74. The number of hydrogen-bond acceptors (Lipinski definition) is 6. The summed E-state index contributed by atoms with van der Waals surface area (Å²) >= 11 is 0. The number of nitrogens with zero attached hydrogens (tertiary/aromatic N) is 1. The van der Waals surface area contributed by atoms with Crippen molar-refractivity contribution in [1.29, 1.82) is 0 Å². The highest BCUT2D eigenvalue weighted by atomic mass is 32.2. The van der Waals surface area contributed by atoms with Crippen molar-refractivity contribution in [3.8, 4) is 5.75 Å². The number of sulfonamides is 2. The number of benzene rings is 2.